The van der Waals surface area contributed by atoms with E-state index in [9.17, 15) is 14.0 Å². The van der Waals surface area contributed by atoms with Gasteiger partial charge in [0, 0.05) is 6.54 Å². The number of carbonyl (C=O) groups excluding carboxylic acids is 1. The Bertz CT molecular complexity index is 521. The van der Waals surface area contributed by atoms with Gasteiger partial charge in [-0.15, -0.1) is 0 Å². The Kier molecular flexibility index (Phi) is 4.22. The zero-order valence-corrected chi connectivity index (χ0v) is 11.2. The molecule has 6 heteroatoms. The maximum atomic E-state index is 13.1. The minimum Gasteiger partial charge on any atom is -0.480 e. The van der Waals surface area contributed by atoms with Gasteiger partial charge in [-0.3, -0.25) is 0 Å². The number of aliphatic carboxylic acids is 1. The Balaban J connectivity index is 2.02. The number of rotatable bonds is 3. The fourth-order valence-electron chi connectivity index (χ4n) is 2.39. The number of carbonyl (C=O) groups is 2. The number of nitrogens with one attached hydrogen (secondary N) is 1. The quantitative estimate of drug-likeness (QED) is 0.891. The zero-order chi connectivity index (χ0) is 14.7. The number of likely N-dealkylation sites (tertiary alicyclic amines) is 1. The number of nitrogens with zero attached hydrogens (tertiary/aromatic N) is 1. The number of hydrogen-bond donors (Lipinski definition) is 2. The Morgan fingerprint density at radius 2 is 2.25 bits per heavy atom. The van der Waals surface area contributed by atoms with Gasteiger partial charge in [-0.1, -0.05) is 12.1 Å². The molecular formula is C14H17FN2O3. The van der Waals surface area contributed by atoms with Crippen molar-refractivity contribution < 1.29 is 19.1 Å². The van der Waals surface area contributed by atoms with Crippen LogP contribution in [0.4, 0.5) is 9.18 Å². The molecule has 2 N–H and O–H groups in total. The molecule has 5 nitrogen and oxygen atoms in total. The van der Waals surface area contributed by atoms with Crippen LogP contribution in [0.15, 0.2) is 24.3 Å². The van der Waals surface area contributed by atoms with E-state index in [-0.39, 0.29) is 11.9 Å². The van der Waals surface area contributed by atoms with Gasteiger partial charge in [-0.2, -0.15) is 0 Å². The molecule has 2 unspecified atom stereocenters. The minimum atomic E-state index is -0.990. The normalized spacial score (nSPS) is 19.7. The molecule has 1 fully saturated rings. The topological polar surface area (TPSA) is 69.6 Å². The van der Waals surface area contributed by atoms with Crippen molar-refractivity contribution in [2.45, 2.75) is 31.8 Å². The molecule has 1 aromatic carbocycles. The Morgan fingerprint density at radius 3 is 2.90 bits per heavy atom. The van der Waals surface area contributed by atoms with Crippen LogP contribution in [0, 0.1) is 5.82 Å². The molecule has 108 valence electrons. The highest BCUT2D eigenvalue weighted by atomic mass is 19.1. The summed E-state index contributed by atoms with van der Waals surface area (Å²) in [6.45, 7) is 2.16. The molecular weight excluding hydrogens is 263 g/mol. The lowest BCUT2D eigenvalue weighted by Crippen LogP contribution is -2.46. The van der Waals surface area contributed by atoms with Gasteiger partial charge in [-0.05, 0) is 37.5 Å². The number of carboxylic acid groups (broad SMARTS) is 1. The molecule has 0 saturated carbocycles. The Morgan fingerprint density at radius 1 is 1.50 bits per heavy atom. The molecule has 1 saturated heterocycles. The Labute approximate surface area is 116 Å². The molecule has 2 atom stereocenters. The highest BCUT2D eigenvalue weighted by Crippen LogP contribution is 2.19. The van der Waals surface area contributed by atoms with Crippen molar-refractivity contribution in [2.75, 3.05) is 6.54 Å². The average molecular weight is 280 g/mol. The monoisotopic (exact) mass is 280 g/mol. The number of benzene rings is 1. The van der Waals surface area contributed by atoms with Crippen molar-refractivity contribution in [1.29, 1.82) is 0 Å². The number of carboxylic acids is 1. The molecule has 1 aliphatic heterocycles. The maximum Gasteiger partial charge on any atom is 0.326 e. The van der Waals surface area contributed by atoms with Gasteiger partial charge in [0.05, 0.1) is 6.04 Å². The third kappa shape index (κ3) is 3.07. The van der Waals surface area contributed by atoms with Crippen molar-refractivity contribution in [3.63, 3.8) is 0 Å². The van der Waals surface area contributed by atoms with Crippen LogP contribution < -0.4 is 5.32 Å². The molecule has 1 aromatic rings. The first-order valence-electron chi connectivity index (χ1n) is 6.54. The highest BCUT2D eigenvalue weighted by Gasteiger charge is 2.34. The second-order valence-corrected chi connectivity index (χ2v) is 4.92. The molecule has 20 heavy (non-hydrogen) atoms. The van der Waals surface area contributed by atoms with E-state index >= 15 is 0 Å². The summed E-state index contributed by atoms with van der Waals surface area (Å²) >= 11 is 0. The van der Waals surface area contributed by atoms with Crippen LogP contribution in [-0.4, -0.2) is 34.6 Å². The van der Waals surface area contributed by atoms with Crippen LogP contribution in [0.2, 0.25) is 0 Å². The SMILES string of the molecule is CC(NC(=O)N1CCCC1C(=O)O)c1cccc(F)c1. The first kappa shape index (κ1) is 14.3. The first-order valence-corrected chi connectivity index (χ1v) is 6.54. The van der Waals surface area contributed by atoms with Crippen LogP contribution in [-0.2, 0) is 4.79 Å². The standard InChI is InChI=1S/C14H17FN2O3/c1-9(10-4-2-5-11(15)8-10)16-14(20)17-7-3-6-12(17)13(18)19/h2,4-5,8-9,12H,3,6-7H2,1H3,(H,16,20)(H,18,19). The predicted molar refractivity (Wildman–Crippen MR) is 70.7 cm³/mol. The summed E-state index contributed by atoms with van der Waals surface area (Å²) in [5, 5.41) is 11.8. The first-order chi connectivity index (χ1) is 9.49. The summed E-state index contributed by atoms with van der Waals surface area (Å²) in [4.78, 5) is 24.4. The molecule has 0 bridgehead atoms. The molecule has 0 aromatic heterocycles. The van der Waals surface area contributed by atoms with E-state index in [4.69, 9.17) is 5.11 Å². The van der Waals surface area contributed by atoms with Crippen molar-refractivity contribution in [3.8, 4) is 0 Å². The summed E-state index contributed by atoms with van der Waals surface area (Å²) in [6, 6.07) is 4.40. The molecule has 2 rings (SSSR count). The summed E-state index contributed by atoms with van der Waals surface area (Å²) in [5.74, 6) is -1.36. The summed E-state index contributed by atoms with van der Waals surface area (Å²) in [6.07, 6.45) is 1.15. The van der Waals surface area contributed by atoms with E-state index in [0.717, 1.165) is 0 Å². The highest BCUT2D eigenvalue weighted by molar-refractivity contribution is 5.83. The van der Waals surface area contributed by atoms with E-state index in [2.05, 4.69) is 5.32 Å². The lowest BCUT2D eigenvalue weighted by atomic mass is 10.1. The molecule has 0 radical (unpaired) electrons. The number of halogens is 1. The summed E-state index contributed by atoms with van der Waals surface area (Å²) in [5.41, 5.74) is 0.643. The van der Waals surface area contributed by atoms with E-state index in [0.29, 0.717) is 24.9 Å². The van der Waals surface area contributed by atoms with Crippen LogP contribution in [0.1, 0.15) is 31.4 Å². The van der Waals surface area contributed by atoms with Crippen LogP contribution in [0.5, 0.6) is 0 Å². The molecule has 2 amide bonds. The van der Waals surface area contributed by atoms with E-state index in [1.165, 1.54) is 17.0 Å². The van der Waals surface area contributed by atoms with Crippen molar-refractivity contribution in [1.82, 2.24) is 10.2 Å². The van der Waals surface area contributed by atoms with Crippen molar-refractivity contribution >= 4 is 12.0 Å². The van der Waals surface area contributed by atoms with Crippen molar-refractivity contribution in [3.05, 3.63) is 35.6 Å². The lowest BCUT2D eigenvalue weighted by molar-refractivity contribution is -0.141. The van der Waals surface area contributed by atoms with E-state index < -0.39 is 18.0 Å². The molecule has 0 spiro atoms. The van der Waals surface area contributed by atoms with Gasteiger partial charge in [0.15, 0.2) is 0 Å². The predicted octanol–water partition coefficient (Wildman–Crippen LogP) is 2.15. The second kappa shape index (κ2) is 5.90. The fraction of sp³-hybridized carbons (Fsp3) is 0.429. The maximum absolute atomic E-state index is 13.1. The van der Waals surface area contributed by atoms with Gasteiger partial charge in [-0.25, -0.2) is 14.0 Å². The number of hydrogen-bond acceptors (Lipinski definition) is 2. The van der Waals surface area contributed by atoms with Gasteiger partial charge in [0.1, 0.15) is 11.9 Å². The van der Waals surface area contributed by atoms with Gasteiger partial charge in [0.2, 0.25) is 0 Å². The smallest absolute Gasteiger partial charge is 0.326 e. The van der Waals surface area contributed by atoms with E-state index in [1.54, 1.807) is 19.1 Å². The van der Waals surface area contributed by atoms with E-state index in [1.807, 2.05) is 0 Å². The largest absolute Gasteiger partial charge is 0.480 e. The third-order valence-electron chi connectivity index (χ3n) is 3.49. The average Bonchev–Trinajstić information content (AvgIpc) is 2.88. The van der Waals surface area contributed by atoms with Crippen LogP contribution in [0.25, 0.3) is 0 Å². The number of urea groups is 1. The van der Waals surface area contributed by atoms with Gasteiger partial charge >= 0.3 is 12.0 Å². The lowest BCUT2D eigenvalue weighted by Gasteiger charge is -2.24. The summed E-state index contributed by atoms with van der Waals surface area (Å²) < 4.78 is 13.1. The second-order valence-electron chi connectivity index (χ2n) is 4.92. The number of amides is 2. The molecule has 0 aliphatic carbocycles. The van der Waals surface area contributed by atoms with Crippen LogP contribution in [0.3, 0.4) is 0 Å². The minimum absolute atomic E-state index is 0.367. The fourth-order valence-corrected chi connectivity index (χ4v) is 2.39. The Hall–Kier alpha value is -2.11. The van der Waals surface area contributed by atoms with Crippen LogP contribution >= 0.6 is 0 Å². The van der Waals surface area contributed by atoms with Gasteiger partial charge in [0.25, 0.3) is 0 Å². The molecule has 1 aliphatic rings. The van der Waals surface area contributed by atoms with Gasteiger partial charge < -0.3 is 15.3 Å². The molecule has 1 heterocycles. The third-order valence-corrected chi connectivity index (χ3v) is 3.49. The van der Waals surface area contributed by atoms with Crippen molar-refractivity contribution in [2.24, 2.45) is 0 Å². The zero-order valence-electron chi connectivity index (χ0n) is 11.2. The summed E-state index contributed by atoms with van der Waals surface area (Å²) in [7, 11) is 0.